The van der Waals surface area contributed by atoms with Gasteiger partial charge in [0.2, 0.25) is 17.7 Å². The van der Waals surface area contributed by atoms with Gasteiger partial charge in [-0.1, -0.05) is 0 Å². The zero-order valence-electron chi connectivity index (χ0n) is 33.9. The largest absolute Gasteiger partial charge is 0.460 e. The van der Waals surface area contributed by atoms with Crippen LogP contribution in [0.3, 0.4) is 0 Å². The number of nitrogens with zero attached hydrogens (tertiary/aromatic N) is 1. The highest BCUT2D eigenvalue weighted by Crippen LogP contribution is 2.23. The molecule has 0 radical (unpaired) electrons. The third-order valence-corrected chi connectivity index (χ3v) is 7.27. The quantitative estimate of drug-likeness (QED) is 0.0970. The normalized spacial score (nSPS) is 17.0. The van der Waals surface area contributed by atoms with Crippen molar-refractivity contribution in [3.8, 4) is 0 Å². The molecule has 0 aromatic carbocycles. The van der Waals surface area contributed by atoms with Crippen LogP contribution in [0, 0.1) is 0 Å². The summed E-state index contributed by atoms with van der Waals surface area (Å²) < 4.78 is 22.2. The highest BCUT2D eigenvalue weighted by molar-refractivity contribution is 5.89. The van der Waals surface area contributed by atoms with Crippen molar-refractivity contribution >= 4 is 35.8 Å². The predicted molar refractivity (Wildman–Crippen MR) is 196 cm³/mol. The standard InChI is InChI=1S/C37H67N5O10/c1-24(43)40-27(23-49-34(2,3)4)30(45)41-25(21-29(44)50-35(5,6)7)22-39-26(17-14-15-19-38-33(48)52-37(11,12)13)31(46)42-20-16-18-28(42)32(47)51-36(8,9)10/h25-28,39H,14-23H2,1-13H3,(H,38,48)(H,40,43)(H,41,45)/t25-,26-,27-,28-/m0/s1. The zero-order chi connectivity index (χ0) is 40.1. The van der Waals surface area contributed by atoms with Gasteiger partial charge in [0, 0.05) is 26.6 Å². The molecule has 0 aromatic rings. The smallest absolute Gasteiger partial charge is 0.407 e. The molecular weight excluding hydrogens is 674 g/mol. The maximum absolute atomic E-state index is 14.1. The van der Waals surface area contributed by atoms with E-state index in [4.69, 9.17) is 18.9 Å². The maximum Gasteiger partial charge on any atom is 0.407 e. The average molecular weight is 742 g/mol. The van der Waals surface area contributed by atoms with Crippen LogP contribution in [0.1, 0.15) is 129 Å². The number of carbonyl (C=O) groups excluding carboxylic acids is 6. The zero-order valence-corrected chi connectivity index (χ0v) is 33.9. The van der Waals surface area contributed by atoms with Crippen LogP contribution in [-0.2, 0) is 42.9 Å². The first-order chi connectivity index (χ1) is 23.7. The summed E-state index contributed by atoms with van der Waals surface area (Å²) in [4.78, 5) is 79.4. The van der Waals surface area contributed by atoms with Crippen molar-refractivity contribution in [3.63, 3.8) is 0 Å². The van der Waals surface area contributed by atoms with Crippen molar-refractivity contribution < 1.29 is 47.7 Å². The Balaban J connectivity index is 3.27. The van der Waals surface area contributed by atoms with Crippen LogP contribution in [0.4, 0.5) is 4.79 Å². The van der Waals surface area contributed by atoms with Crippen LogP contribution in [0.25, 0.3) is 0 Å². The Kier molecular flexibility index (Phi) is 18.0. The summed E-state index contributed by atoms with van der Waals surface area (Å²) in [5.41, 5.74) is -2.74. The van der Waals surface area contributed by atoms with Gasteiger partial charge in [0.25, 0.3) is 0 Å². The monoisotopic (exact) mass is 741 g/mol. The van der Waals surface area contributed by atoms with E-state index in [-0.39, 0.29) is 25.5 Å². The van der Waals surface area contributed by atoms with Crippen LogP contribution >= 0.6 is 0 Å². The van der Waals surface area contributed by atoms with Crippen molar-refractivity contribution in [1.82, 2.24) is 26.2 Å². The van der Waals surface area contributed by atoms with Crippen molar-refractivity contribution in [2.24, 2.45) is 0 Å². The molecule has 1 heterocycles. The van der Waals surface area contributed by atoms with E-state index in [1.807, 2.05) is 20.8 Å². The summed E-state index contributed by atoms with van der Waals surface area (Å²) in [5, 5.41) is 11.4. The van der Waals surface area contributed by atoms with Crippen LogP contribution in [0.5, 0.6) is 0 Å². The van der Waals surface area contributed by atoms with E-state index in [2.05, 4.69) is 21.3 Å². The number of esters is 2. The molecule has 1 aliphatic heterocycles. The van der Waals surface area contributed by atoms with Crippen molar-refractivity contribution in [2.75, 3.05) is 26.2 Å². The Morgan fingerprint density at radius 2 is 1.35 bits per heavy atom. The lowest BCUT2D eigenvalue weighted by molar-refractivity contribution is -0.163. The highest BCUT2D eigenvalue weighted by Gasteiger charge is 2.39. The molecule has 0 spiro atoms. The fraction of sp³-hybridized carbons (Fsp3) is 0.838. The highest BCUT2D eigenvalue weighted by atomic mass is 16.6. The first-order valence-electron chi connectivity index (χ1n) is 18.3. The molecule has 4 N–H and O–H groups in total. The van der Waals surface area contributed by atoms with Gasteiger partial charge in [0.05, 0.1) is 30.7 Å². The number of hydrogen-bond acceptors (Lipinski definition) is 11. The van der Waals surface area contributed by atoms with E-state index in [1.165, 1.54) is 11.8 Å². The molecule has 0 saturated carbocycles. The van der Waals surface area contributed by atoms with Gasteiger partial charge in [-0.05, 0) is 115 Å². The molecule has 52 heavy (non-hydrogen) atoms. The Morgan fingerprint density at radius 3 is 1.88 bits per heavy atom. The maximum atomic E-state index is 14.1. The summed E-state index contributed by atoms with van der Waals surface area (Å²) in [6.45, 7) is 23.1. The number of amides is 4. The molecule has 4 amide bonds. The number of likely N-dealkylation sites (tertiary alicyclic amines) is 1. The fourth-order valence-corrected chi connectivity index (χ4v) is 5.24. The molecule has 0 aromatic heterocycles. The minimum absolute atomic E-state index is 0.0184. The van der Waals surface area contributed by atoms with Gasteiger partial charge in [-0.3, -0.25) is 19.2 Å². The van der Waals surface area contributed by atoms with Gasteiger partial charge >= 0.3 is 18.0 Å². The van der Waals surface area contributed by atoms with E-state index in [0.29, 0.717) is 45.2 Å². The molecule has 1 fully saturated rings. The van der Waals surface area contributed by atoms with Gasteiger partial charge in [0.1, 0.15) is 28.9 Å². The number of nitrogens with one attached hydrogen (secondary N) is 4. The summed E-state index contributed by atoms with van der Waals surface area (Å²) in [6.07, 6.45) is 1.70. The van der Waals surface area contributed by atoms with Gasteiger partial charge in [-0.15, -0.1) is 0 Å². The van der Waals surface area contributed by atoms with Crippen molar-refractivity contribution in [2.45, 2.75) is 175 Å². The Labute approximate surface area is 310 Å². The van der Waals surface area contributed by atoms with Crippen LogP contribution in [0.2, 0.25) is 0 Å². The van der Waals surface area contributed by atoms with Gasteiger partial charge < -0.3 is 45.1 Å². The van der Waals surface area contributed by atoms with Crippen LogP contribution in [0.15, 0.2) is 0 Å². The summed E-state index contributed by atoms with van der Waals surface area (Å²) in [6, 6.07) is -3.45. The van der Waals surface area contributed by atoms with E-state index >= 15 is 0 Å². The molecule has 0 aliphatic carbocycles. The summed E-state index contributed by atoms with van der Waals surface area (Å²) >= 11 is 0. The second-order valence-electron chi connectivity index (χ2n) is 17.3. The predicted octanol–water partition coefficient (Wildman–Crippen LogP) is 3.51. The third-order valence-electron chi connectivity index (χ3n) is 7.27. The van der Waals surface area contributed by atoms with Gasteiger partial charge in [-0.2, -0.15) is 0 Å². The number of rotatable bonds is 17. The second-order valence-corrected chi connectivity index (χ2v) is 17.3. The van der Waals surface area contributed by atoms with Gasteiger partial charge in [-0.25, -0.2) is 9.59 Å². The lowest BCUT2D eigenvalue weighted by Gasteiger charge is -2.31. The fourth-order valence-electron chi connectivity index (χ4n) is 5.24. The number of unbranched alkanes of at least 4 members (excludes halogenated alkanes) is 1. The molecular formula is C37H67N5O10. The molecule has 1 rings (SSSR count). The summed E-state index contributed by atoms with van der Waals surface area (Å²) in [5.74, 6) is -2.37. The molecule has 1 aliphatic rings. The van der Waals surface area contributed by atoms with E-state index in [1.54, 1.807) is 62.3 Å². The number of ether oxygens (including phenoxy) is 4. The number of alkyl carbamates (subject to hydrolysis) is 1. The number of hydrogen-bond donors (Lipinski definition) is 4. The molecule has 1 saturated heterocycles. The minimum atomic E-state index is -1.05. The molecule has 300 valence electrons. The van der Waals surface area contributed by atoms with Crippen molar-refractivity contribution in [3.05, 3.63) is 0 Å². The Bertz CT molecular complexity index is 1210. The molecule has 0 unspecified atom stereocenters. The van der Waals surface area contributed by atoms with Crippen LogP contribution < -0.4 is 21.3 Å². The van der Waals surface area contributed by atoms with Gasteiger partial charge in [0.15, 0.2) is 0 Å². The third kappa shape index (κ3) is 20.5. The lowest BCUT2D eigenvalue weighted by atomic mass is 10.1. The first kappa shape index (κ1) is 46.6. The number of carbonyl (C=O) groups is 6. The van der Waals surface area contributed by atoms with E-state index < -0.39 is 76.4 Å². The first-order valence-corrected chi connectivity index (χ1v) is 18.3. The topological polar surface area (TPSA) is 191 Å². The Hall–Kier alpha value is -3.46. The molecule has 15 heteroatoms. The van der Waals surface area contributed by atoms with E-state index in [0.717, 1.165) is 0 Å². The SMILES string of the molecule is CC(=O)N[C@@H](COC(C)(C)C)C(=O)N[C@H](CN[C@@H](CCCCNC(=O)OC(C)(C)C)C(=O)N1CCC[C@H]1C(=O)OC(C)(C)C)CC(=O)OC(C)(C)C. The molecule has 0 bridgehead atoms. The van der Waals surface area contributed by atoms with Crippen LogP contribution in [-0.4, -0.2) is 113 Å². The molecule has 15 nitrogen and oxygen atoms in total. The lowest BCUT2D eigenvalue weighted by Crippen LogP contribution is -2.56. The van der Waals surface area contributed by atoms with Crippen molar-refractivity contribution in [1.29, 1.82) is 0 Å². The van der Waals surface area contributed by atoms with E-state index in [9.17, 15) is 28.8 Å². The minimum Gasteiger partial charge on any atom is -0.460 e. The Morgan fingerprint density at radius 1 is 0.750 bits per heavy atom. The average Bonchev–Trinajstić information content (AvgIpc) is 3.43. The summed E-state index contributed by atoms with van der Waals surface area (Å²) in [7, 11) is 0. The second kappa shape index (κ2) is 20.1. The molecule has 4 atom stereocenters.